The molecule has 2 aromatic carbocycles. The number of hydrogen-bond donors (Lipinski definition) is 0. The summed E-state index contributed by atoms with van der Waals surface area (Å²) in [5, 5.41) is 1.03. The van der Waals surface area contributed by atoms with Crippen molar-refractivity contribution in [2.75, 3.05) is 11.9 Å². The molecule has 0 aliphatic carbocycles. The Morgan fingerprint density at radius 1 is 1.11 bits per heavy atom. The van der Waals surface area contributed by atoms with E-state index in [4.69, 9.17) is 0 Å². The number of hydrogen-bond acceptors (Lipinski definition) is 4. The minimum Gasteiger partial charge on any atom is -0.310 e. The van der Waals surface area contributed by atoms with Crippen molar-refractivity contribution < 1.29 is 4.79 Å². The highest BCUT2D eigenvalue weighted by Crippen LogP contribution is 2.26. The van der Waals surface area contributed by atoms with Crippen molar-refractivity contribution in [2.24, 2.45) is 4.99 Å². The number of allylic oxidation sites excluding steroid dienone is 1. The van der Waals surface area contributed by atoms with Gasteiger partial charge in [0.2, 0.25) is 0 Å². The molecule has 0 unspecified atom stereocenters. The summed E-state index contributed by atoms with van der Waals surface area (Å²) in [5.41, 5.74) is 5.45. The van der Waals surface area contributed by atoms with E-state index < -0.39 is 0 Å². The Hall–Kier alpha value is -3.34. The molecule has 1 aliphatic rings. The van der Waals surface area contributed by atoms with Crippen LogP contribution in [-0.2, 0) is 4.79 Å². The smallest absolute Gasteiger partial charge is 0.272 e. The van der Waals surface area contributed by atoms with Gasteiger partial charge in [0.05, 0.1) is 5.52 Å². The SMILES string of the molecule is Cc1ccc2nc(-c3ccc(N(C)C(=O)C4=NC=CC4)c(C)c3)ncc2c1. The summed E-state index contributed by atoms with van der Waals surface area (Å²) in [6.45, 7) is 4.04. The maximum Gasteiger partial charge on any atom is 0.272 e. The second kappa shape index (κ2) is 6.76. The molecule has 0 atom stereocenters. The lowest BCUT2D eigenvalue weighted by Crippen LogP contribution is -2.32. The van der Waals surface area contributed by atoms with Crippen molar-refractivity contribution >= 4 is 28.2 Å². The lowest BCUT2D eigenvalue weighted by molar-refractivity contribution is -0.112. The van der Waals surface area contributed by atoms with Gasteiger partial charge in [-0.1, -0.05) is 17.7 Å². The number of nitrogens with zero attached hydrogens (tertiary/aromatic N) is 4. The Balaban J connectivity index is 1.65. The first-order chi connectivity index (χ1) is 13.0. The zero-order chi connectivity index (χ0) is 19.0. The molecule has 0 fully saturated rings. The number of aryl methyl sites for hydroxylation is 2. The molecule has 0 saturated carbocycles. The maximum absolute atomic E-state index is 12.6. The molecule has 4 rings (SSSR count). The third-order valence-corrected chi connectivity index (χ3v) is 4.75. The molecule has 0 saturated heterocycles. The first-order valence-electron chi connectivity index (χ1n) is 8.87. The third kappa shape index (κ3) is 3.24. The molecule has 0 N–H and O–H groups in total. The number of anilines is 1. The van der Waals surface area contributed by atoms with Crippen molar-refractivity contribution in [3.8, 4) is 11.4 Å². The molecule has 3 aromatic rings. The van der Waals surface area contributed by atoms with Crippen LogP contribution >= 0.6 is 0 Å². The number of benzene rings is 2. The molecule has 0 spiro atoms. The minimum atomic E-state index is -0.0758. The summed E-state index contributed by atoms with van der Waals surface area (Å²) >= 11 is 0. The summed E-state index contributed by atoms with van der Waals surface area (Å²) in [6, 6.07) is 12.1. The monoisotopic (exact) mass is 356 g/mol. The molecule has 1 amide bonds. The van der Waals surface area contributed by atoms with Gasteiger partial charge in [0.1, 0.15) is 5.71 Å². The maximum atomic E-state index is 12.6. The number of carbonyl (C=O) groups is 1. The Kier molecular flexibility index (Phi) is 4.28. The van der Waals surface area contributed by atoms with E-state index in [1.54, 1.807) is 18.1 Å². The van der Waals surface area contributed by atoms with Crippen LogP contribution in [-0.4, -0.2) is 28.6 Å². The highest BCUT2D eigenvalue weighted by atomic mass is 16.2. The van der Waals surface area contributed by atoms with Crippen molar-refractivity contribution in [1.29, 1.82) is 0 Å². The van der Waals surface area contributed by atoms with Crippen LogP contribution < -0.4 is 4.90 Å². The number of rotatable bonds is 3. The number of aliphatic imine (C=N–C) groups is 1. The molecule has 2 heterocycles. The standard InChI is InChI=1S/C22H20N4O/c1-14-6-8-18-17(11-14)13-24-21(25-18)16-7-9-20(15(2)12-16)26(3)22(27)19-5-4-10-23-19/h4,6-13H,5H2,1-3H3. The highest BCUT2D eigenvalue weighted by molar-refractivity contribution is 6.44. The largest absolute Gasteiger partial charge is 0.310 e. The number of fused-ring (bicyclic) bond motifs is 1. The topological polar surface area (TPSA) is 58.5 Å². The summed E-state index contributed by atoms with van der Waals surface area (Å²) in [7, 11) is 1.78. The molecular formula is C22H20N4O. The molecule has 1 aliphatic heterocycles. The van der Waals surface area contributed by atoms with E-state index in [1.165, 1.54) is 5.56 Å². The summed E-state index contributed by atoms with van der Waals surface area (Å²) in [6.07, 6.45) is 6.00. The second-order valence-electron chi connectivity index (χ2n) is 6.79. The van der Waals surface area contributed by atoms with Crippen LogP contribution in [0.3, 0.4) is 0 Å². The van der Waals surface area contributed by atoms with Crippen LogP contribution in [0.25, 0.3) is 22.3 Å². The van der Waals surface area contributed by atoms with Crippen molar-refractivity contribution in [1.82, 2.24) is 9.97 Å². The van der Waals surface area contributed by atoms with Gasteiger partial charge in [-0.05, 0) is 49.7 Å². The molecule has 27 heavy (non-hydrogen) atoms. The van der Waals surface area contributed by atoms with Crippen molar-refractivity contribution in [3.63, 3.8) is 0 Å². The fraction of sp³-hybridized carbons (Fsp3) is 0.182. The van der Waals surface area contributed by atoms with E-state index in [1.807, 2.05) is 43.5 Å². The summed E-state index contributed by atoms with van der Waals surface area (Å²) in [5.74, 6) is 0.604. The van der Waals surface area contributed by atoms with Crippen LogP contribution in [0.1, 0.15) is 17.5 Å². The Labute approximate surface area is 158 Å². The molecule has 0 radical (unpaired) electrons. The number of carbonyl (C=O) groups excluding carboxylic acids is 1. The summed E-state index contributed by atoms with van der Waals surface area (Å²) in [4.78, 5) is 27.5. The molecule has 0 bridgehead atoms. The van der Waals surface area contributed by atoms with Gasteiger partial charge in [-0.25, -0.2) is 9.97 Å². The van der Waals surface area contributed by atoms with Crippen LogP contribution in [0.15, 0.2) is 59.9 Å². The van der Waals surface area contributed by atoms with Crippen LogP contribution in [0.5, 0.6) is 0 Å². The predicted molar refractivity (Wildman–Crippen MR) is 109 cm³/mol. The minimum absolute atomic E-state index is 0.0758. The van der Waals surface area contributed by atoms with Gasteiger partial charge < -0.3 is 4.90 Å². The first-order valence-corrected chi connectivity index (χ1v) is 8.87. The lowest BCUT2D eigenvalue weighted by atomic mass is 10.1. The van der Waals surface area contributed by atoms with Crippen molar-refractivity contribution in [2.45, 2.75) is 20.3 Å². The van der Waals surface area contributed by atoms with Crippen LogP contribution in [0.4, 0.5) is 5.69 Å². The Morgan fingerprint density at radius 2 is 1.96 bits per heavy atom. The fourth-order valence-corrected chi connectivity index (χ4v) is 3.27. The van der Waals surface area contributed by atoms with Crippen LogP contribution in [0, 0.1) is 13.8 Å². The van der Waals surface area contributed by atoms with E-state index in [0.717, 1.165) is 27.7 Å². The lowest BCUT2D eigenvalue weighted by Gasteiger charge is -2.20. The van der Waals surface area contributed by atoms with Gasteiger partial charge >= 0.3 is 0 Å². The van der Waals surface area contributed by atoms with E-state index in [-0.39, 0.29) is 5.91 Å². The Bertz CT molecular complexity index is 1110. The van der Waals surface area contributed by atoms with Gasteiger partial charge in [-0.15, -0.1) is 0 Å². The number of amides is 1. The zero-order valence-electron chi connectivity index (χ0n) is 15.6. The third-order valence-electron chi connectivity index (χ3n) is 4.75. The van der Waals surface area contributed by atoms with Gasteiger partial charge in [-0.2, -0.15) is 0 Å². The quantitative estimate of drug-likeness (QED) is 0.705. The highest BCUT2D eigenvalue weighted by Gasteiger charge is 2.20. The average molecular weight is 356 g/mol. The van der Waals surface area contributed by atoms with E-state index in [9.17, 15) is 4.79 Å². The number of aromatic nitrogens is 2. The van der Waals surface area contributed by atoms with Crippen molar-refractivity contribution in [3.05, 3.63) is 66.0 Å². The zero-order valence-corrected chi connectivity index (χ0v) is 15.6. The van der Waals surface area contributed by atoms with Gasteiger partial charge in [-0.3, -0.25) is 9.79 Å². The van der Waals surface area contributed by atoms with E-state index in [2.05, 4.69) is 34.0 Å². The predicted octanol–water partition coefficient (Wildman–Crippen LogP) is 4.23. The normalized spacial score (nSPS) is 13.1. The Morgan fingerprint density at radius 3 is 2.70 bits per heavy atom. The molecular weight excluding hydrogens is 336 g/mol. The van der Waals surface area contributed by atoms with Gasteiger partial charge in [0.25, 0.3) is 5.91 Å². The van der Waals surface area contributed by atoms with E-state index in [0.29, 0.717) is 18.0 Å². The fourth-order valence-electron chi connectivity index (χ4n) is 3.27. The molecule has 134 valence electrons. The van der Waals surface area contributed by atoms with Gasteiger partial charge in [0, 0.05) is 42.5 Å². The molecule has 5 nitrogen and oxygen atoms in total. The molecule has 1 aromatic heterocycles. The molecule has 5 heteroatoms. The van der Waals surface area contributed by atoms with E-state index >= 15 is 0 Å². The van der Waals surface area contributed by atoms with Gasteiger partial charge in [0.15, 0.2) is 5.82 Å². The van der Waals surface area contributed by atoms with Crippen LogP contribution in [0.2, 0.25) is 0 Å². The summed E-state index contributed by atoms with van der Waals surface area (Å²) < 4.78 is 0. The second-order valence-corrected chi connectivity index (χ2v) is 6.79. The average Bonchev–Trinajstić information content (AvgIpc) is 3.21. The first kappa shape index (κ1) is 17.1.